The largest absolute Gasteiger partial charge is 0.496 e. The molecule has 2 rings (SSSR count). The summed E-state index contributed by atoms with van der Waals surface area (Å²) in [7, 11) is 1.71. The zero-order valence-corrected chi connectivity index (χ0v) is 11.5. The maximum Gasteiger partial charge on any atom is 0.124 e. The van der Waals surface area contributed by atoms with Crippen LogP contribution in [-0.4, -0.2) is 20.3 Å². The highest BCUT2D eigenvalue weighted by Crippen LogP contribution is 2.33. The minimum absolute atomic E-state index is 0.0345. The lowest BCUT2D eigenvalue weighted by Crippen LogP contribution is -2.18. The number of benzene rings is 1. The fourth-order valence-electron chi connectivity index (χ4n) is 2.83. The zero-order chi connectivity index (χ0) is 13.1. The van der Waals surface area contributed by atoms with Gasteiger partial charge >= 0.3 is 0 Å². The maximum atomic E-state index is 6.37. The molecule has 2 atom stereocenters. The SMILES string of the molecule is COc1cc(C)cc(C)c1C(N)CC1CCOC1. The molecule has 0 aliphatic carbocycles. The first-order chi connectivity index (χ1) is 8.61. The van der Waals surface area contributed by atoms with Crippen molar-refractivity contribution in [2.45, 2.75) is 32.7 Å². The number of methoxy groups -OCH3 is 1. The number of ether oxygens (including phenoxy) is 2. The Hall–Kier alpha value is -1.06. The van der Waals surface area contributed by atoms with Crippen molar-refractivity contribution in [3.63, 3.8) is 0 Å². The number of hydrogen-bond acceptors (Lipinski definition) is 3. The Bertz CT molecular complexity index is 411. The van der Waals surface area contributed by atoms with Crippen LogP contribution >= 0.6 is 0 Å². The summed E-state index contributed by atoms with van der Waals surface area (Å²) in [6.07, 6.45) is 2.10. The van der Waals surface area contributed by atoms with E-state index >= 15 is 0 Å². The molecule has 0 aromatic heterocycles. The molecule has 1 fully saturated rings. The summed E-state index contributed by atoms with van der Waals surface area (Å²) in [4.78, 5) is 0. The van der Waals surface area contributed by atoms with Gasteiger partial charge in [-0.25, -0.2) is 0 Å². The highest BCUT2D eigenvalue weighted by atomic mass is 16.5. The van der Waals surface area contributed by atoms with Crippen LogP contribution in [0.2, 0.25) is 0 Å². The van der Waals surface area contributed by atoms with Gasteiger partial charge in [-0.3, -0.25) is 0 Å². The van der Waals surface area contributed by atoms with Gasteiger partial charge in [0.2, 0.25) is 0 Å². The van der Waals surface area contributed by atoms with Gasteiger partial charge in [-0.1, -0.05) is 6.07 Å². The van der Waals surface area contributed by atoms with E-state index in [1.54, 1.807) is 7.11 Å². The van der Waals surface area contributed by atoms with Crippen LogP contribution in [-0.2, 0) is 4.74 Å². The molecule has 2 unspecified atom stereocenters. The highest BCUT2D eigenvalue weighted by Gasteiger charge is 2.22. The van der Waals surface area contributed by atoms with Crippen molar-refractivity contribution < 1.29 is 9.47 Å². The molecule has 0 radical (unpaired) electrons. The summed E-state index contributed by atoms with van der Waals surface area (Å²) in [5.41, 5.74) is 9.95. The van der Waals surface area contributed by atoms with E-state index in [4.69, 9.17) is 15.2 Å². The molecule has 0 spiro atoms. The third-order valence-corrected chi connectivity index (χ3v) is 3.70. The predicted molar refractivity (Wildman–Crippen MR) is 72.9 cm³/mol. The summed E-state index contributed by atoms with van der Waals surface area (Å²) in [5.74, 6) is 1.50. The highest BCUT2D eigenvalue weighted by molar-refractivity contribution is 5.44. The van der Waals surface area contributed by atoms with Gasteiger partial charge in [0.25, 0.3) is 0 Å². The van der Waals surface area contributed by atoms with Crippen molar-refractivity contribution in [3.8, 4) is 5.75 Å². The second kappa shape index (κ2) is 5.72. The topological polar surface area (TPSA) is 44.5 Å². The molecule has 1 aromatic carbocycles. The Balaban J connectivity index is 2.20. The van der Waals surface area contributed by atoms with Crippen molar-refractivity contribution in [3.05, 3.63) is 28.8 Å². The van der Waals surface area contributed by atoms with E-state index in [0.717, 1.165) is 37.4 Å². The van der Waals surface area contributed by atoms with Crippen LogP contribution in [0.3, 0.4) is 0 Å². The number of hydrogen-bond donors (Lipinski definition) is 1. The van der Waals surface area contributed by atoms with Crippen molar-refractivity contribution in [2.75, 3.05) is 20.3 Å². The fraction of sp³-hybridized carbons (Fsp3) is 0.600. The van der Waals surface area contributed by atoms with Gasteiger partial charge in [0.15, 0.2) is 0 Å². The van der Waals surface area contributed by atoms with Crippen molar-refractivity contribution in [1.82, 2.24) is 0 Å². The monoisotopic (exact) mass is 249 g/mol. The van der Waals surface area contributed by atoms with Gasteiger partial charge in [0.1, 0.15) is 5.75 Å². The molecule has 100 valence electrons. The Labute approximate surface area is 109 Å². The van der Waals surface area contributed by atoms with E-state index in [-0.39, 0.29) is 6.04 Å². The Morgan fingerprint density at radius 2 is 2.22 bits per heavy atom. The molecule has 1 aliphatic heterocycles. The first-order valence-electron chi connectivity index (χ1n) is 6.60. The minimum Gasteiger partial charge on any atom is -0.496 e. The van der Waals surface area contributed by atoms with Gasteiger partial charge in [-0.05, 0) is 49.8 Å². The van der Waals surface area contributed by atoms with E-state index in [2.05, 4.69) is 26.0 Å². The molecule has 3 heteroatoms. The molecule has 18 heavy (non-hydrogen) atoms. The van der Waals surface area contributed by atoms with Crippen molar-refractivity contribution in [2.24, 2.45) is 11.7 Å². The lowest BCUT2D eigenvalue weighted by atomic mass is 9.91. The zero-order valence-electron chi connectivity index (χ0n) is 11.5. The summed E-state index contributed by atoms with van der Waals surface area (Å²) in [6, 6.07) is 4.27. The molecule has 1 aliphatic rings. The van der Waals surface area contributed by atoms with Crippen LogP contribution in [0.4, 0.5) is 0 Å². The van der Waals surface area contributed by atoms with Gasteiger partial charge in [0, 0.05) is 24.8 Å². The smallest absolute Gasteiger partial charge is 0.124 e. The quantitative estimate of drug-likeness (QED) is 0.892. The number of aryl methyl sites for hydroxylation is 2. The Morgan fingerprint density at radius 1 is 1.44 bits per heavy atom. The van der Waals surface area contributed by atoms with Gasteiger partial charge in [-0.2, -0.15) is 0 Å². The average Bonchev–Trinajstić information content (AvgIpc) is 2.80. The lowest BCUT2D eigenvalue weighted by Gasteiger charge is -2.21. The van der Waals surface area contributed by atoms with Gasteiger partial charge in [-0.15, -0.1) is 0 Å². The Morgan fingerprint density at radius 3 is 2.83 bits per heavy atom. The second-order valence-corrected chi connectivity index (χ2v) is 5.27. The van der Waals surface area contributed by atoms with E-state index in [9.17, 15) is 0 Å². The van der Waals surface area contributed by atoms with Gasteiger partial charge < -0.3 is 15.2 Å². The molecule has 1 heterocycles. The third-order valence-electron chi connectivity index (χ3n) is 3.70. The normalized spacial score (nSPS) is 21.0. The standard InChI is InChI=1S/C15H23NO2/c1-10-6-11(2)15(14(7-10)17-3)13(16)8-12-4-5-18-9-12/h6-7,12-13H,4-5,8-9,16H2,1-3H3. The average molecular weight is 249 g/mol. The van der Waals surface area contributed by atoms with Crippen LogP contribution in [0.25, 0.3) is 0 Å². The molecule has 0 saturated carbocycles. The van der Waals surface area contributed by atoms with Crippen LogP contribution < -0.4 is 10.5 Å². The van der Waals surface area contributed by atoms with Crippen LogP contribution in [0, 0.1) is 19.8 Å². The van der Waals surface area contributed by atoms with Crippen molar-refractivity contribution >= 4 is 0 Å². The number of nitrogens with two attached hydrogens (primary N) is 1. The third kappa shape index (κ3) is 2.85. The van der Waals surface area contributed by atoms with Crippen LogP contribution in [0.15, 0.2) is 12.1 Å². The van der Waals surface area contributed by atoms with E-state index in [1.807, 2.05) is 0 Å². The molecule has 0 bridgehead atoms. The maximum absolute atomic E-state index is 6.37. The van der Waals surface area contributed by atoms with Gasteiger partial charge in [0.05, 0.1) is 7.11 Å². The first-order valence-corrected chi connectivity index (χ1v) is 6.60. The Kier molecular flexibility index (Phi) is 4.25. The summed E-state index contributed by atoms with van der Waals surface area (Å²) < 4.78 is 10.9. The fourth-order valence-corrected chi connectivity index (χ4v) is 2.83. The molecule has 2 N–H and O–H groups in total. The number of rotatable bonds is 4. The predicted octanol–water partition coefficient (Wildman–Crippen LogP) is 2.74. The van der Waals surface area contributed by atoms with E-state index in [0.29, 0.717) is 5.92 Å². The summed E-state index contributed by atoms with van der Waals surface area (Å²) in [6.45, 7) is 5.91. The molecule has 1 aromatic rings. The second-order valence-electron chi connectivity index (χ2n) is 5.27. The van der Waals surface area contributed by atoms with E-state index in [1.165, 1.54) is 11.1 Å². The van der Waals surface area contributed by atoms with Crippen molar-refractivity contribution in [1.29, 1.82) is 0 Å². The summed E-state index contributed by atoms with van der Waals surface area (Å²) in [5, 5.41) is 0. The lowest BCUT2D eigenvalue weighted by molar-refractivity contribution is 0.182. The molecule has 1 saturated heterocycles. The first kappa shape index (κ1) is 13.4. The minimum atomic E-state index is 0.0345. The molecular weight excluding hydrogens is 226 g/mol. The molecular formula is C15H23NO2. The van der Waals surface area contributed by atoms with Crippen LogP contribution in [0.5, 0.6) is 5.75 Å². The molecule has 3 nitrogen and oxygen atoms in total. The molecule has 0 amide bonds. The van der Waals surface area contributed by atoms with Crippen LogP contribution in [0.1, 0.15) is 35.6 Å². The van der Waals surface area contributed by atoms with E-state index < -0.39 is 0 Å². The summed E-state index contributed by atoms with van der Waals surface area (Å²) >= 11 is 0.